The summed E-state index contributed by atoms with van der Waals surface area (Å²) in [6.07, 6.45) is -4.45. The fraction of sp³-hybridized carbons (Fsp3) is 0.800. The molecule has 1 rings (SSSR count). The van der Waals surface area contributed by atoms with Crippen molar-refractivity contribution in [3.05, 3.63) is 12.3 Å². The summed E-state index contributed by atoms with van der Waals surface area (Å²) in [5.74, 6) is 0. The minimum atomic E-state index is -1.68. The van der Waals surface area contributed by atoms with Gasteiger partial charge in [-0.25, -0.2) is 4.39 Å². The average molecular weight is 234 g/mol. The number of hydrogen-bond acceptors (Lipinski definition) is 5. The number of hydrogen-bond donors (Lipinski definition) is 4. The van der Waals surface area contributed by atoms with Crippen LogP contribution in [0.5, 0.6) is 0 Å². The average Bonchev–Trinajstić information content (AvgIpc) is 2.27. The van der Waals surface area contributed by atoms with Crippen LogP contribution in [-0.2, 0) is 0 Å². The molecule has 94 valence electrons. The van der Waals surface area contributed by atoms with E-state index in [-0.39, 0.29) is 0 Å². The number of nitrogens with zero attached hydrogens (tertiary/aromatic N) is 1. The molecule has 0 bridgehead atoms. The minimum absolute atomic E-state index is 0.422. The maximum absolute atomic E-state index is 13.6. The largest absolute Gasteiger partial charge is 0.395 e. The van der Waals surface area contributed by atoms with E-state index in [9.17, 15) is 14.6 Å². The molecular weight excluding hydrogens is 215 g/mol. The van der Waals surface area contributed by atoms with Crippen molar-refractivity contribution >= 4 is 0 Å². The van der Waals surface area contributed by atoms with Gasteiger partial charge in [0.25, 0.3) is 0 Å². The Kier molecular flexibility index (Phi) is 4.26. The molecule has 5 nitrogen and oxygen atoms in total. The molecular formula is C10H19FN2O3. The van der Waals surface area contributed by atoms with Crippen molar-refractivity contribution in [3.8, 4) is 0 Å². The van der Waals surface area contributed by atoms with Crippen LogP contribution in [0.25, 0.3) is 0 Å². The molecule has 0 spiro atoms. The van der Waals surface area contributed by atoms with Crippen molar-refractivity contribution in [1.29, 1.82) is 0 Å². The highest BCUT2D eigenvalue weighted by molar-refractivity contribution is 5.13. The zero-order valence-electron chi connectivity index (χ0n) is 9.47. The number of alkyl halides is 1. The fourth-order valence-corrected chi connectivity index (χ4v) is 2.10. The molecule has 1 aliphatic rings. The highest BCUT2D eigenvalue weighted by atomic mass is 19.1. The maximum Gasteiger partial charge on any atom is 0.146 e. The molecule has 0 radical (unpaired) electrons. The Morgan fingerprint density at radius 1 is 1.44 bits per heavy atom. The number of piperidine rings is 1. The summed E-state index contributed by atoms with van der Waals surface area (Å²) in [5, 5.41) is 31.2. The van der Waals surface area contributed by atoms with Crippen LogP contribution in [0, 0.1) is 0 Å². The molecule has 1 aliphatic heterocycles. The molecule has 0 aromatic rings. The lowest BCUT2D eigenvalue weighted by molar-refractivity contribution is -0.133. The van der Waals surface area contributed by atoms with Crippen LogP contribution in [0.1, 0.15) is 0 Å². The summed E-state index contributed by atoms with van der Waals surface area (Å²) in [6, 6.07) is -1.46. The van der Waals surface area contributed by atoms with E-state index in [1.165, 1.54) is 4.90 Å². The molecule has 1 saturated heterocycles. The van der Waals surface area contributed by atoms with Gasteiger partial charge in [-0.05, 0) is 7.05 Å². The quantitative estimate of drug-likeness (QED) is 0.476. The maximum atomic E-state index is 13.6. The molecule has 0 saturated carbocycles. The zero-order chi connectivity index (χ0) is 12.5. The molecule has 0 unspecified atom stereocenters. The van der Waals surface area contributed by atoms with Crippen LogP contribution in [0.2, 0.25) is 0 Å². The van der Waals surface area contributed by atoms with Gasteiger partial charge in [-0.3, -0.25) is 4.90 Å². The van der Waals surface area contributed by atoms with Crippen LogP contribution >= 0.6 is 0 Å². The first-order valence-corrected chi connectivity index (χ1v) is 5.15. The van der Waals surface area contributed by atoms with Crippen LogP contribution in [0.15, 0.2) is 12.3 Å². The molecule has 5 atom stereocenters. The first-order valence-electron chi connectivity index (χ1n) is 5.15. The molecule has 16 heavy (non-hydrogen) atoms. The van der Waals surface area contributed by atoms with Crippen LogP contribution in [0.4, 0.5) is 4.39 Å². The lowest BCUT2D eigenvalue weighted by Gasteiger charge is -2.46. The third-order valence-corrected chi connectivity index (χ3v) is 3.19. The standard InChI is InChI=1S/C10H19FN2O3/c1-5(12-2)8-10(16)9(15)7(11)6(4-14)13(8)3/h6-10,12,14-16H,1,4H2,2-3H3/t6-,7+,8-,9+,10-/m1/s1. The minimum Gasteiger partial charge on any atom is -0.395 e. The summed E-state index contributed by atoms with van der Waals surface area (Å²) in [4.78, 5) is 1.49. The van der Waals surface area contributed by atoms with E-state index in [1.54, 1.807) is 14.1 Å². The second kappa shape index (κ2) is 5.09. The normalized spacial score (nSPS) is 40.8. The van der Waals surface area contributed by atoms with Gasteiger partial charge in [0, 0.05) is 12.7 Å². The van der Waals surface area contributed by atoms with Crippen molar-refractivity contribution in [2.75, 3.05) is 20.7 Å². The van der Waals surface area contributed by atoms with Gasteiger partial charge in [-0.1, -0.05) is 6.58 Å². The van der Waals surface area contributed by atoms with Crippen molar-refractivity contribution < 1.29 is 19.7 Å². The van der Waals surface area contributed by atoms with E-state index in [4.69, 9.17) is 5.11 Å². The van der Waals surface area contributed by atoms with Crippen LogP contribution in [0.3, 0.4) is 0 Å². The van der Waals surface area contributed by atoms with Gasteiger partial charge in [0.2, 0.25) is 0 Å². The Morgan fingerprint density at radius 3 is 2.44 bits per heavy atom. The molecule has 0 aliphatic carbocycles. The van der Waals surface area contributed by atoms with Crippen molar-refractivity contribution in [2.45, 2.75) is 30.5 Å². The lowest BCUT2D eigenvalue weighted by Crippen LogP contribution is -2.66. The van der Waals surface area contributed by atoms with Gasteiger partial charge in [-0.2, -0.15) is 0 Å². The number of nitrogens with one attached hydrogen (secondary N) is 1. The van der Waals surface area contributed by atoms with Gasteiger partial charge in [0.15, 0.2) is 0 Å². The van der Waals surface area contributed by atoms with E-state index in [2.05, 4.69) is 11.9 Å². The third-order valence-electron chi connectivity index (χ3n) is 3.19. The summed E-state index contributed by atoms with van der Waals surface area (Å²) < 4.78 is 13.6. The molecule has 4 N–H and O–H groups in total. The number of aliphatic hydroxyl groups is 3. The monoisotopic (exact) mass is 234 g/mol. The predicted octanol–water partition coefficient (Wildman–Crippen LogP) is -1.55. The Labute approximate surface area is 94.2 Å². The number of halogens is 1. The number of aliphatic hydroxyl groups excluding tert-OH is 3. The van der Waals surface area contributed by atoms with E-state index in [0.717, 1.165) is 0 Å². The second-order valence-electron chi connectivity index (χ2n) is 4.06. The van der Waals surface area contributed by atoms with Crippen LogP contribution < -0.4 is 5.32 Å². The lowest BCUT2D eigenvalue weighted by atomic mass is 9.88. The first-order chi connectivity index (χ1) is 7.45. The Bertz CT molecular complexity index is 264. The Morgan fingerprint density at radius 2 is 2.00 bits per heavy atom. The predicted molar refractivity (Wildman–Crippen MR) is 57.5 cm³/mol. The van der Waals surface area contributed by atoms with Crippen molar-refractivity contribution in [1.82, 2.24) is 10.2 Å². The van der Waals surface area contributed by atoms with Gasteiger partial charge in [0.1, 0.15) is 18.4 Å². The Hall–Kier alpha value is -0.690. The second-order valence-corrected chi connectivity index (χ2v) is 4.06. The van der Waals surface area contributed by atoms with Gasteiger partial charge >= 0.3 is 0 Å². The molecule has 1 fully saturated rings. The van der Waals surface area contributed by atoms with Crippen LogP contribution in [-0.4, -0.2) is 71.4 Å². The molecule has 0 aromatic heterocycles. The number of likely N-dealkylation sites (tertiary alicyclic amines) is 1. The molecule has 1 heterocycles. The smallest absolute Gasteiger partial charge is 0.146 e. The van der Waals surface area contributed by atoms with E-state index in [1.807, 2.05) is 0 Å². The molecule has 6 heteroatoms. The summed E-state index contributed by atoms with van der Waals surface area (Å²) in [7, 11) is 3.21. The van der Waals surface area contributed by atoms with Gasteiger partial charge in [-0.15, -0.1) is 0 Å². The summed E-state index contributed by atoms with van der Waals surface area (Å²) in [6.45, 7) is 3.28. The van der Waals surface area contributed by atoms with Gasteiger partial charge < -0.3 is 20.6 Å². The topological polar surface area (TPSA) is 76.0 Å². The third kappa shape index (κ3) is 2.06. The highest BCUT2D eigenvalue weighted by Crippen LogP contribution is 2.27. The van der Waals surface area contributed by atoms with E-state index >= 15 is 0 Å². The zero-order valence-corrected chi connectivity index (χ0v) is 9.47. The summed E-state index contributed by atoms with van der Waals surface area (Å²) in [5.41, 5.74) is 0.472. The summed E-state index contributed by atoms with van der Waals surface area (Å²) >= 11 is 0. The van der Waals surface area contributed by atoms with E-state index in [0.29, 0.717) is 5.70 Å². The Balaban J connectivity index is 2.95. The molecule has 0 amide bonds. The highest BCUT2D eigenvalue weighted by Gasteiger charge is 2.47. The molecule has 0 aromatic carbocycles. The van der Waals surface area contributed by atoms with Crippen molar-refractivity contribution in [3.63, 3.8) is 0 Å². The van der Waals surface area contributed by atoms with Crippen molar-refractivity contribution in [2.24, 2.45) is 0 Å². The van der Waals surface area contributed by atoms with E-state index < -0.39 is 37.1 Å². The fourth-order valence-electron chi connectivity index (χ4n) is 2.10. The van der Waals surface area contributed by atoms with Gasteiger partial charge in [0.05, 0.1) is 18.7 Å². The first kappa shape index (κ1) is 13.4. The number of likely N-dealkylation sites (N-methyl/N-ethyl adjacent to an activating group) is 2. The SMILES string of the molecule is C=C(NC)[C@@H]1[C@@H](O)[C@@H](O)[C@@H](F)[C@@H](CO)N1C. The number of rotatable bonds is 3.